The molecule has 0 atom stereocenters. The molecule has 12 heteroatoms. The first-order valence-corrected chi connectivity index (χ1v) is 17.4. The predicted octanol–water partition coefficient (Wildman–Crippen LogP) is 7.91. The van der Waals surface area contributed by atoms with Crippen molar-refractivity contribution in [1.29, 1.82) is 0 Å². The third-order valence-electron chi connectivity index (χ3n) is 6.60. The van der Waals surface area contributed by atoms with E-state index in [1.54, 1.807) is 48.1 Å². The van der Waals surface area contributed by atoms with Crippen LogP contribution in [-0.2, 0) is 34.4 Å². The highest BCUT2D eigenvalue weighted by molar-refractivity contribution is 7.11. The smallest absolute Gasteiger partial charge is 0.139 e. The van der Waals surface area contributed by atoms with E-state index in [-0.39, 0.29) is 5.92 Å². The van der Waals surface area contributed by atoms with E-state index in [0.717, 1.165) is 17.1 Å². The van der Waals surface area contributed by atoms with Crippen molar-refractivity contribution < 1.29 is 14.2 Å². The summed E-state index contributed by atoms with van der Waals surface area (Å²) < 4.78 is 23.5. The van der Waals surface area contributed by atoms with Crippen molar-refractivity contribution in [1.82, 2.24) is 29.3 Å². The molecule has 0 spiro atoms. The van der Waals surface area contributed by atoms with Gasteiger partial charge >= 0.3 is 0 Å². The molecule has 9 nitrogen and oxygen atoms in total. The Bertz CT molecular complexity index is 1590. The third kappa shape index (κ3) is 10.2. The van der Waals surface area contributed by atoms with Crippen LogP contribution in [0.3, 0.4) is 0 Å². The van der Waals surface area contributed by atoms with Gasteiger partial charge in [0.2, 0.25) is 0 Å². The first-order chi connectivity index (χ1) is 22.7. The first-order valence-electron chi connectivity index (χ1n) is 14.7. The first kappa shape index (κ1) is 31.8. The molecular formula is C34H34N6O3S3. The van der Waals surface area contributed by atoms with E-state index in [9.17, 15) is 0 Å². The monoisotopic (exact) mass is 670 g/mol. The zero-order chi connectivity index (χ0) is 31.2. The number of ether oxygens (including phenoxy) is 3. The number of rotatable bonds is 18. The average molecular weight is 671 g/mol. The zero-order valence-corrected chi connectivity index (χ0v) is 27.5. The molecule has 236 valence electrons. The maximum atomic E-state index is 6.05. The van der Waals surface area contributed by atoms with Gasteiger partial charge in [-0.2, -0.15) is 15.3 Å². The number of thiophene rings is 3. The summed E-state index contributed by atoms with van der Waals surface area (Å²) in [5.41, 5.74) is 2.65. The minimum atomic E-state index is -0.00345. The molecule has 0 aliphatic heterocycles. The molecule has 46 heavy (non-hydrogen) atoms. The Morgan fingerprint density at radius 3 is 1.15 bits per heavy atom. The van der Waals surface area contributed by atoms with Gasteiger partial charge in [0.1, 0.15) is 20.2 Å². The lowest BCUT2D eigenvalue weighted by Gasteiger charge is -2.18. The van der Waals surface area contributed by atoms with Crippen LogP contribution in [0.1, 0.15) is 31.7 Å². The second-order valence-corrected chi connectivity index (χ2v) is 13.2. The number of hydrogen-bond acceptors (Lipinski definition) is 9. The molecule has 0 aliphatic rings. The zero-order valence-electron chi connectivity index (χ0n) is 25.1. The quantitative estimate of drug-likeness (QED) is 0.0925. The Balaban J connectivity index is 0.987. The fraction of sp³-hybridized carbons (Fsp3) is 0.206. The Morgan fingerprint density at radius 1 is 0.500 bits per heavy atom. The van der Waals surface area contributed by atoms with Gasteiger partial charge in [0, 0.05) is 39.1 Å². The maximum absolute atomic E-state index is 6.05. The standard InChI is InChI=1S/C34H34N6O3S3/c1-4-32(44-19-1)10-7-29-13-16-38(35-29)25-41-22-28(23-42-26-39-17-14-30(36-39)8-11-33-5-2-20-45-33)24-43-27-40-18-15-31(37-40)9-12-34-6-3-21-46-34/h1-21,28H,22-27H2/b10-7+,11-8+,12-9+. The van der Waals surface area contributed by atoms with E-state index >= 15 is 0 Å². The summed E-state index contributed by atoms with van der Waals surface area (Å²) in [4.78, 5) is 3.57. The molecule has 0 N–H and O–H groups in total. The van der Waals surface area contributed by atoms with Crippen molar-refractivity contribution in [3.63, 3.8) is 0 Å². The van der Waals surface area contributed by atoms with Gasteiger partial charge in [-0.3, -0.25) is 0 Å². The van der Waals surface area contributed by atoms with Crippen LogP contribution in [-0.4, -0.2) is 49.2 Å². The molecule has 0 amide bonds. The van der Waals surface area contributed by atoms with Crippen molar-refractivity contribution in [2.24, 2.45) is 5.92 Å². The Morgan fingerprint density at radius 2 is 0.848 bits per heavy atom. The fourth-order valence-corrected chi connectivity index (χ4v) is 6.21. The molecule has 0 aliphatic carbocycles. The Labute approximate surface area is 279 Å². The van der Waals surface area contributed by atoms with E-state index < -0.39 is 0 Å². The normalized spacial score (nSPS) is 12.2. The maximum Gasteiger partial charge on any atom is 0.139 e. The molecule has 6 heterocycles. The van der Waals surface area contributed by atoms with Gasteiger partial charge in [-0.05, 0) is 89.0 Å². The van der Waals surface area contributed by atoms with Gasteiger partial charge in [-0.25, -0.2) is 14.0 Å². The number of aromatic nitrogens is 6. The molecule has 0 saturated heterocycles. The van der Waals surface area contributed by atoms with Crippen molar-refractivity contribution in [3.05, 3.63) is 121 Å². The average Bonchev–Trinajstić information content (AvgIpc) is 3.92. The second kappa shape index (κ2) is 16.9. The van der Waals surface area contributed by atoms with Crippen LogP contribution in [0.2, 0.25) is 0 Å². The minimum absolute atomic E-state index is 0.00345. The van der Waals surface area contributed by atoms with Crippen LogP contribution in [0.25, 0.3) is 36.5 Å². The summed E-state index contributed by atoms with van der Waals surface area (Å²) in [7, 11) is 0. The highest BCUT2D eigenvalue weighted by atomic mass is 32.1. The van der Waals surface area contributed by atoms with Crippen LogP contribution < -0.4 is 0 Å². The molecule has 0 bridgehead atoms. The van der Waals surface area contributed by atoms with E-state index in [0.29, 0.717) is 40.0 Å². The van der Waals surface area contributed by atoms with E-state index in [4.69, 9.17) is 14.2 Å². The van der Waals surface area contributed by atoms with Crippen molar-refractivity contribution in [3.8, 4) is 0 Å². The van der Waals surface area contributed by atoms with Crippen molar-refractivity contribution in [2.45, 2.75) is 20.2 Å². The summed E-state index contributed by atoms with van der Waals surface area (Å²) in [6.07, 6.45) is 18.0. The summed E-state index contributed by atoms with van der Waals surface area (Å²) in [6.45, 7) is 2.34. The van der Waals surface area contributed by atoms with Crippen LogP contribution in [0, 0.1) is 5.92 Å². The van der Waals surface area contributed by atoms with Crippen LogP contribution in [0.4, 0.5) is 0 Å². The highest BCUT2D eigenvalue weighted by Gasteiger charge is 2.12. The molecule has 0 saturated carbocycles. The number of nitrogens with zero attached hydrogens (tertiary/aromatic N) is 6. The van der Waals surface area contributed by atoms with Gasteiger partial charge in [-0.1, -0.05) is 18.2 Å². The summed E-state index contributed by atoms with van der Waals surface area (Å²) in [6, 6.07) is 18.3. The summed E-state index contributed by atoms with van der Waals surface area (Å²) in [5, 5.41) is 20.0. The van der Waals surface area contributed by atoms with Gasteiger partial charge in [0.25, 0.3) is 0 Å². The summed E-state index contributed by atoms with van der Waals surface area (Å²) in [5.74, 6) is -0.00345. The molecule has 0 fully saturated rings. The lowest BCUT2D eigenvalue weighted by atomic mass is 10.2. The van der Waals surface area contributed by atoms with Crippen LogP contribution >= 0.6 is 34.0 Å². The van der Waals surface area contributed by atoms with E-state index in [1.807, 2.05) is 73.2 Å². The molecule has 6 rings (SSSR count). The lowest BCUT2D eigenvalue weighted by Crippen LogP contribution is -2.24. The minimum Gasteiger partial charge on any atom is -0.359 e. The summed E-state index contributed by atoms with van der Waals surface area (Å²) >= 11 is 5.09. The molecule has 0 unspecified atom stereocenters. The third-order valence-corrected chi connectivity index (χ3v) is 9.11. The molecule has 0 aromatic carbocycles. The topological polar surface area (TPSA) is 81.1 Å². The highest BCUT2D eigenvalue weighted by Crippen LogP contribution is 2.15. The largest absolute Gasteiger partial charge is 0.359 e. The van der Waals surface area contributed by atoms with Crippen LogP contribution in [0.5, 0.6) is 0 Å². The Hall–Kier alpha value is -4.17. The van der Waals surface area contributed by atoms with Crippen molar-refractivity contribution in [2.75, 3.05) is 19.8 Å². The SMILES string of the molecule is C(=C\c1cccs1)/c1ccn(COCC(COCn2ccc(/C=C/c3cccs3)n2)COCn2ccc(/C=C/c3cccs3)n2)n1. The van der Waals surface area contributed by atoms with E-state index in [2.05, 4.69) is 67.9 Å². The molecular weight excluding hydrogens is 637 g/mol. The van der Waals surface area contributed by atoms with Gasteiger partial charge < -0.3 is 14.2 Å². The lowest BCUT2D eigenvalue weighted by molar-refractivity contribution is -0.0504. The second-order valence-electron chi connectivity index (χ2n) is 10.3. The van der Waals surface area contributed by atoms with Crippen molar-refractivity contribution >= 4 is 70.5 Å². The van der Waals surface area contributed by atoms with Gasteiger partial charge in [-0.15, -0.1) is 34.0 Å². The van der Waals surface area contributed by atoms with Gasteiger partial charge in [0.15, 0.2) is 0 Å². The van der Waals surface area contributed by atoms with Crippen LogP contribution in [0.15, 0.2) is 89.3 Å². The fourth-order valence-electron chi connectivity index (χ4n) is 4.36. The predicted molar refractivity (Wildman–Crippen MR) is 188 cm³/mol. The van der Waals surface area contributed by atoms with Gasteiger partial charge in [0.05, 0.1) is 36.9 Å². The number of hydrogen-bond donors (Lipinski definition) is 0. The molecule has 0 radical (unpaired) electrons. The molecule has 6 aromatic heterocycles. The Kier molecular flexibility index (Phi) is 11.7. The van der Waals surface area contributed by atoms with E-state index in [1.165, 1.54) is 14.6 Å². The molecule has 6 aromatic rings.